The van der Waals surface area contributed by atoms with Crippen molar-refractivity contribution in [3.8, 4) is 0 Å². The topological polar surface area (TPSA) is 21.3 Å². The number of nitrogens with one attached hydrogen (secondary N) is 1. The van der Waals surface area contributed by atoms with Crippen LogP contribution in [0.15, 0.2) is 0 Å². The molecule has 0 aromatic carbocycles. The van der Waals surface area contributed by atoms with Gasteiger partial charge in [-0.25, -0.2) is 0 Å². The summed E-state index contributed by atoms with van der Waals surface area (Å²) in [6.07, 6.45) is -4.51. The Hall–Kier alpha value is -0.290. The van der Waals surface area contributed by atoms with Crippen molar-refractivity contribution in [2.75, 3.05) is 20.8 Å². The fourth-order valence-corrected chi connectivity index (χ4v) is 0.888. The molecule has 1 atom stereocenters. The summed E-state index contributed by atoms with van der Waals surface area (Å²) in [7, 11) is 2.99. The molecule has 0 aromatic heterocycles. The highest BCUT2D eigenvalue weighted by molar-refractivity contribution is 4.68. The number of ether oxygens (including phenoxy) is 1. The molecule has 0 rings (SSSR count). The van der Waals surface area contributed by atoms with E-state index in [2.05, 4.69) is 10.1 Å². The summed E-state index contributed by atoms with van der Waals surface area (Å²) >= 11 is 0. The van der Waals surface area contributed by atoms with E-state index in [1.54, 1.807) is 0 Å². The van der Waals surface area contributed by atoms with Crippen LogP contribution in [0.5, 0.6) is 0 Å². The molecule has 0 saturated heterocycles. The second-order valence-corrected chi connectivity index (χ2v) is 2.59. The first kappa shape index (κ1) is 11.7. The monoisotopic (exact) mass is 185 g/mol. The minimum Gasteiger partial charge on any atom is -0.385 e. The van der Waals surface area contributed by atoms with Crippen LogP contribution in [-0.2, 0) is 4.74 Å². The number of alkyl halides is 3. The van der Waals surface area contributed by atoms with Crippen molar-refractivity contribution in [3.63, 3.8) is 0 Å². The quantitative estimate of drug-likeness (QED) is 0.701. The van der Waals surface area contributed by atoms with Gasteiger partial charge in [0, 0.05) is 19.8 Å². The minimum atomic E-state index is -4.10. The van der Waals surface area contributed by atoms with E-state index < -0.39 is 18.6 Å². The summed E-state index contributed by atoms with van der Waals surface area (Å²) in [5, 5.41) is 2.59. The van der Waals surface area contributed by atoms with E-state index in [0.717, 1.165) is 0 Å². The van der Waals surface area contributed by atoms with Crippen molar-refractivity contribution >= 4 is 0 Å². The molecule has 12 heavy (non-hydrogen) atoms. The number of methoxy groups -OCH3 is 1. The van der Waals surface area contributed by atoms with Gasteiger partial charge in [-0.1, -0.05) is 0 Å². The largest absolute Gasteiger partial charge is 0.390 e. The lowest BCUT2D eigenvalue weighted by atomic mass is 10.1. The van der Waals surface area contributed by atoms with Crippen molar-refractivity contribution in [2.24, 2.45) is 0 Å². The Kier molecular flexibility index (Phi) is 5.24. The number of rotatable bonds is 5. The van der Waals surface area contributed by atoms with Crippen LogP contribution in [0.2, 0.25) is 0 Å². The van der Waals surface area contributed by atoms with Gasteiger partial charge in [-0.05, 0) is 13.5 Å². The average molecular weight is 185 g/mol. The van der Waals surface area contributed by atoms with Gasteiger partial charge in [-0.15, -0.1) is 0 Å². The zero-order valence-electron chi connectivity index (χ0n) is 7.24. The van der Waals surface area contributed by atoms with Crippen LogP contribution >= 0.6 is 0 Å². The Morgan fingerprint density at radius 2 is 2.00 bits per heavy atom. The van der Waals surface area contributed by atoms with Crippen LogP contribution in [0.3, 0.4) is 0 Å². The standard InChI is InChI=1S/C7H14F3NO/c1-11-6(3-4-12-2)5-7(8,9)10/h6,11H,3-5H2,1-2H3. The number of halogens is 3. The molecule has 0 aliphatic rings. The van der Waals surface area contributed by atoms with Crippen molar-refractivity contribution in [2.45, 2.75) is 25.1 Å². The van der Waals surface area contributed by atoms with Crippen LogP contribution in [-0.4, -0.2) is 33.0 Å². The second kappa shape index (κ2) is 5.37. The minimum absolute atomic E-state index is 0.349. The van der Waals surface area contributed by atoms with Crippen molar-refractivity contribution in [1.29, 1.82) is 0 Å². The van der Waals surface area contributed by atoms with Gasteiger partial charge in [0.15, 0.2) is 0 Å². The van der Waals surface area contributed by atoms with E-state index in [9.17, 15) is 13.2 Å². The van der Waals surface area contributed by atoms with Crippen molar-refractivity contribution in [1.82, 2.24) is 5.32 Å². The Bertz CT molecular complexity index is 116. The summed E-state index contributed by atoms with van der Waals surface area (Å²) in [6, 6.07) is -0.537. The van der Waals surface area contributed by atoms with Crippen molar-refractivity contribution in [3.05, 3.63) is 0 Å². The molecule has 0 amide bonds. The van der Waals surface area contributed by atoms with Gasteiger partial charge in [-0.2, -0.15) is 13.2 Å². The Morgan fingerprint density at radius 3 is 2.33 bits per heavy atom. The molecular formula is C7H14F3NO. The van der Waals surface area contributed by atoms with Gasteiger partial charge in [-0.3, -0.25) is 0 Å². The van der Waals surface area contributed by atoms with E-state index in [1.807, 2.05) is 0 Å². The Morgan fingerprint density at radius 1 is 1.42 bits per heavy atom. The lowest BCUT2D eigenvalue weighted by molar-refractivity contribution is -0.140. The molecule has 74 valence electrons. The van der Waals surface area contributed by atoms with Gasteiger partial charge < -0.3 is 10.1 Å². The summed E-state index contributed by atoms with van der Waals surface area (Å²) in [4.78, 5) is 0. The molecule has 0 heterocycles. The first-order valence-electron chi connectivity index (χ1n) is 3.72. The number of hydrogen-bond acceptors (Lipinski definition) is 2. The van der Waals surface area contributed by atoms with Crippen LogP contribution in [0, 0.1) is 0 Å². The molecule has 0 saturated carbocycles. The maximum absolute atomic E-state index is 11.8. The molecule has 0 aliphatic carbocycles. The van der Waals surface area contributed by atoms with Gasteiger partial charge in [0.25, 0.3) is 0 Å². The predicted molar refractivity (Wildman–Crippen MR) is 40.0 cm³/mol. The molecule has 0 aliphatic heterocycles. The van der Waals surface area contributed by atoms with Gasteiger partial charge in [0.05, 0.1) is 6.42 Å². The summed E-state index contributed by atoms with van der Waals surface area (Å²) in [5.41, 5.74) is 0. The molecule has 0 radical (unpaired) electrons. The third-order valence-corrected chi connectivity index (χ3v) is 1.56. The van der Waals surface area contributed by atoms with Crippen LogP contribution in [0.25, 0.3) is 0 Å². The molecule has 1 N–H and O–H groups in total. The molecule has 0 fully saturated rings. The lowest BCUT2D eigenvalue weighted by Gasteiger charge is -2.17. The highest BCUT2D eigenvalue weighted by Gasteiger charge is 2.30. The van der Waals surface area contributed by atoms with E-state index in [1.165, 1.54) is 14.2 Å². The van der Waals surface area contributed by atoms with E-state index in [0.29, 0.717) is 13.0 Å². The van der Waals surface area contributed by atoms with Crippen molar-refractivity contribution < 1.29 is 17.9 Å². The maximum Gasteiger partial charge on any atom is 0.390 e. The fourth-order valence-electron chi connectivity index (χ4n) is 0.888. The summed E-state index contributed by atoms with van der Waals surface area (Å²) in [5.74, 6) is 0. The molecule has 1 unspecified atom stereocenters. The third-order valence-electron chi connectivity index (χ3n) is 1.56. The number of hydrogen-bond donors (Lipinski definition) is 1. The fraction of sp³-hybridized carbons (Fsp3) is 1.00. The van der Waals surface area contributed by atoms with Gasteiger partial charge in [0.2, 0.25) is 0 Å². The first-order chi connectivity index (χ1) is 5.49. The SMILES string of the molecule is CNC(CCOC)CC(F)(F)F. The molecule has 2 nitrogen and oxygen atoms in total. The van der Waals surface area contributed by atoms with Gasteiger partial charge >= 0.3 is 6.18 Å². The third kappa shape index (κ3) is 6.42. The molecule has 5 heteroatoms. The Labute approximate surface area is 70.1 Å². The molecule has 0 spiro atoms. The first-order valence-corrected chi connectivity index (χ1v) is 3.72. The molecular weight excluding hydrogens is 171 g/mol. The molecule has 0 bridgehead atoms. The zero-order chi connectivity index (χ0) is 9.61. The average Bonchev–Trinajstić information content (AvgIpc) is 1.95. The van der Waals surface area contributed by atoms with Crippen LogP contribution in [0.1, 0.15) is 12.8 Å². The van der Waals surface area contributed by atoms with E-state index in [-0.39, 0.29) is 0 Å². The smallest absolute Gasteiger partial charge is 0.385 e. The highest BCUT2D eigenvalue weighted by Crippen LogP contribution is 2.22. The highest BCUT2D eigenvalue weighted by atomic mass is 19.4. The van der Waals surface area contributed by atoms with E-state index >= 15 is 0 Å². The second-order valence-electron chi connectivity index (χ2n) is 2.59. The normalized spacial score (nSPS) is 14.8. The van der Waals surface area contributed by atoms with Gasteiger partial charge in [0.1, 0.15) is 0 Å². The summed E-state index contributed by atoms with van der Waals surface area (Å²) < 4.78 is 40.2. The molecule has 0 aromatic rings. The zero-order valence-corrected chi connectivity index (χ0v) is 7.24. The summed E-state index contributed by atoms with van der Waals surface area (Å²) in [6.45, 7) is 0.349. The van der Waals surface area contributed by atoms with Crippen LogP contribution in [0.4, 0.5) is 13.2 Å². The predicted octanol–water partition coefficient (Wildman–Crippen LogP) is 1.56. The lowest BCUT2D eigenvalue weighted by Crippen LogP contribution is -2.32. The van der Waals surface area contributed by atoms with Crippen LogP contribution < -0.4 is 5.32 Å². The maximum atomic E-state index is 11.8. The Balaban J connectivity index is 3.67. The van der Waals surface area contributed by atoms with E-state index in [4.69, 9.17) is 0 Å².